The van der Waals surface area contributed by atoms with Gasteiger partial charge in [0.25, 0.3) is 11.8 Å². The molecular weight excluding hydrogens is 516 g/mol. The molecule has 4 rings (SSSR count). The van der Waals surface area contributed by atoms with Gasteiger partial charge in [0.1, 0.15) is 22.3 Å². The molecule has 0 atom stereocenters. The molecule has 0 bridgehead atoms. The van der Waals surface area contributed by atoms with Crippen molar-refractivity contribution < 1.29 is 18.4 Å². The van der Waals surface area contributed by atoms with Gasteiger partial charge in [-0.05, 0) is 64.1 Å². The Morgan fingerprint density at radius 3 is 1.30 bits per heavy atom. The number of fused-ring (bicyclic) bond motifs is 2. The minimum absolute atomic E-state index is 0.101. The van der Waals surface area contributed by atoms with Crippen LogP contribution in [0.2, 0.25) is 0 Å². The fourth-order valence-corrected chi connectivity index (χ4v) is 4.24. The number of nitrogens with zero attached hydrogens (tertiary/aromatic N) is 2. The number of benzene rings is 2. The Bertz CT molecular complexity index is 1500. The number of amides is 2. The number of nitrogens with two attached hydrogens (primary N) is 2. The number of hydrazine groups is 2. The number of nitrogens with one attached hydrogen (secondary N) is 2. The normalized spacial score (nSPS) is 10.6. The van der Waals surface area contributed by atoms with Gasteiger partial charge in [0.2, 0.25) is 0 Å². The predicted octanol–water partition coefficient (Wildman–Crippen LogP) is 2.49. The van der Waals surface area contributed by atoms with Gasteiger partial charge in [-0.15, -0.1) is 0 Å². The number of carbonyl (C=O) groups is 2. The van der Waals surface area contributed by atoms with E-state index < -0.39 is 23.1 Å². The molecule has 2 aromatic heterocycles. The highest BCUT2D eigenvalue weighted by molar-refractivity contribution is 5.97. The van der Waals surface area contributed by atoms with E-state index in [4.69, 9.17) is 20.5 Å². The van der Waals surface area contributed by atoms with Crippen molar-refractivity contribution in [1.82, 2.24) is 10.9 Å². The van der Waals surface area contributed by atoms with Crippen molar-refractivity contribution in [3.8, 4) is 0 Å². The number of hydrogen-bond acceptors (Lipinski definition) is 10. The van der Waals surface area contributed by atoms with E-state index in [1.165, 1.54) is 12.1 Å². The summed E-state index contributed by atoms with van der Waals surface area (Å²) in [6.45, 7) is 11.7. The maximum atomic E-state index is 11.8. The molecule has 6 N–H and O–H groups in total. The van der Waals surface area contributed by atoms with Gasteiger partial charge in [-0.3, -0.25) is 20.4 Å². The van der Waals surface area contributed by atoms with Crippen molar-refractivity contribution in [2.24, 2.45) is 11.7 Å². The number of hydrogen-bond donors (Lipinski definition) is 4. The highest BCUT2D eigenvalue weighted by Crippen LogP contribution is 2.23. The molecule has 2 aromatic carbocycles. The average Bonchev–Trinajstić information content (AvgIpc) is 2.97. The molecule has 0 saturated carbocycles. The summed E-state index contributed by atoms with van der Waals surface area (Å²) in [6, 6.07) is 14.1. The summed E-state index contributed by atoms with van der Waals surface area (Å²) in [5.41, 5.74) is 5.11. The Morgan fingerprint density at radius 2 is 1.00 bits per heavy atom. The molecule has 2 heterocycles. The third-order valence-electron chi connectivity index (χ3n) is 6.45. The lowest BCUT2D eigenvalue weighted by Crippen LogP contribution is -2.33. The van der Waals surface area contributed by atoms with Gasteiger partial charge >= 0.3 is 11.3 Å². The number of anilines is 2. The Hall–Kier alpha value is -4.68. The lowest BCUT2D eigenvalue weighted by atomic mass is 10.1. The average molecular weight is 551 g/mol. The maximum absolute atomic E-state index is 11.8. The van der Waals surface area contributed by atoms with E-state index in [0.29, 0.717) is 21.9 Å². The van der Waals surface area contributed by atoms with Crippen molar-refractivity contribution in [3.05, 3.63) is 80.5 Å². The van der Waals surface area contributed by atoms with Gasteiger partial charge < -0.3 is 18.6 Å². The van der Waals surface area contributed by atoms with Crippen LogP contribution in [0.3, 0.4) is 0 Å². The van der Waals surface area contributed by atoms with Crippen LogP contribution in [0.15, 0.2) is 67.0 Å². The summed E-state index contributed by atoms with van der Waals surface area (Å²) in [4.78, 5) is 50.7. The second kappa shape index (κ2) is 13.4. The highest BCUT2D eigenvalue weighted by Gasteiger charge is 2.14. The van der Waals surface area contributed by atoms with Gasteiger partial charge in [0.15, 0.2) is 0 Å². The summed E-state index contributed by atoms with van der Waals surface area (Å²) >= 11 is 0. The molecule has 0 saturated heterocycles. The van der Waals surface area contributed by atoms with Crippen molar-refractivity contribution in [2.45, 2.75) is 27.7 Å². The van der Waals surface area contributed by atoms with Crippen LogP contribution in [0.1, 0.15) is 48.4 Å². The van der Waals surface area contributed by atoms with Gasteiger partial charge in [-0.2, -0.15) is 0 Å². The minimum atomic E-state index is -0.697. The summed E-state index contributed by atoms with van der Waals surface area (Å²) in [6.07, 6.45) is 0. The van der Waals surface area contributed by atoms with Crippen LogP contribution in [-0.4, -0.2) is 38.0 Å². The lowest BCUT2D eigenvalue weighted by Gasteiger charge is -2.20. The molecule has 0 aliphatic heterocycles. The van der Waals surface area contributed by atoms with E-state index >= 15 is 0 Å². The van der Waals surface area contributed by atoms with Crippen molar-refractivity contribution >= 4 is 45.1 Å². The summed E-state index contributed by atoms with van der Waals surface area (Å²) < 4.78 is 10.4. The van der Waals surface area contributed by atoms with Crippen molar-refractivity contribution in [2.75, 3.05) is 36.0 Å². The second-order valence-corrected chi connectivity index (χ2v) is 8.63. The second-order valence-electron chi connectivity index (χ2n) is 8.63. The monoisotopic (exact) mass is 550 g/mol. The van der Waals surface area contributed by atoms with Crippen molar-refractivity contribution in [1.29, 1.82) is 0 Å². The van der Waals surface area contributed by atoms with Crippen LogP contribution in [0.5, 0.6) is 0 Å². The Kier molecular flexibility index (Phi) is 10.0. The Balaban J connectivity index is 0.000000220. The topological polar surface area (TPSA) is 177 Å². The zero-order chi connectivity index (χ0) is 29.4. The molecule has 0 aliphatic carbocycles. The number of carbonyl (C=O) groups excluding carboxylic acids is 2. The zero-order valence-corrected chi connectivity index (χ0v) is 22.9. The molecule has 0 spiro atoms. The van der Waals surface area contributed by atoms with Crippen LogP contribution in [0.4, 0.5) is 11.4 Å². The molecule has 0 fully saturated rings. The Morgan fingerprint density at radius 1 is 0.650 bits per heavy atom. The van der Waals surface area contributed by atoms with Gasteiger partial charge in [0.05, 0.1) is 0 Å². The predicted molar refractivity (Wildman–Crippen MR) is 155 cm³/mol. The fourth-order valence-electron chi connectivity index (χ4n) is 4.24. The first-order chi connectivity index (χ1) is 19.2. The number of nitrogen functional groups attached to an aromatic ring is 2. The smallest absolute Gasteiger partial charge is 0.349 e. The first-order valence-corrected chi connectivity index (χ1v) is 12.9. The third kappa shape index (κ3) is 6.47. The molecule has 4 aromatic rings. The van der Waals surface area contributed by atoms with E-state index in [1.807, 2.05) is 35.1 Å². The van der Waals surface area contributed by atoms with Crippen LogP contribution in [0, 0.1) is 0 Å². The molecule has 212 valence electrons. The molecule has 12 heteroatoms. The van der Waals surface area contributed by atoms with E-state index in [0.717, 1.165) is 37.6 Å². The summed E-state index contributed by atoms with van der Waals surface area (Å²) in [5.74, 6) is 8.74. The van der Waals surface area contributed by atoms with Crippen LogP contribution in [-0.2, 0) is 0 Å². The Labute approximate surface area is 230 Å². The summed E-state index contributed by atoms with van der Waals surface area (Å²) in [7, 11) is 0. The molecular formula is C28H34N6O6. The minimum Gasteiger partial charge on any atom is -0.422 e. The lowest BCUT2D eigenvalue weighted by molar-refractivity contribution is 0.0942. The molecule has 0 unspecified atom stereocenters. The van der Waals surface area contributed by atoms with Crippen LogP contribution >= 0.6 is 0 Å². The first-order valence-electron chi connectivity index (χ1n) is 12.9. The standard InChI is InChI=1S/2C14H17N3O3/c2*1-3-17(4-2)10-6-5-9-7-11(13(18)16-15)14(19)20-12(9)8-10/h2*5-8H,3-4,15H2,1-2H3,(H,16,18). The van der Waals surface area contributed by atoms with Gasteiger partial charge in [-0.25, -0.2) is 21.3 Å². The molecule has 0 radical (unpaired) electrons. The van der Waals surface area contributed by atoms with Crippen LogP contribution in [0.25, 0.3) is 21.9 Å². The molecule has 0 aliphatic rings. The maximum Gasteiger partial charge on any atom is 0.349 e. The zero-order valence-electron chi connectivity index (χ0n) is 22.9. The largest absolute Gasteiger partial charge is 0.422 e. The number of rotatable bonds is 8. The quantitative estimate of drug-likeness (QED) is 0.110. The molecule has 40 heavy (non-hydrogen) atoms. The highest BCUT2D eigenvalue weighted by atomic mass is 16.4. The molecule has 12 nitrogen and oxygen atoms in total. The molecule has 2 amide bonds. The fraction of sp³-hybridized carbons (Fsp3) is 0.286. The van der Waals surface area contributed by atoms with E-state index in [9.17, 15) is 19.2 Å². The van der Waals surface area contributed by atoms with E-state index in [2.05, 4.69) is 37.5 Å². The van der Waals surface area contributed by atoms with Crippen LogP contribution < -0.4 is 43.6 Å². The van der Waals surface area contributed by atoms with E-state index in [1.54, 1.807) is 12.1 Å². The van der Waals surface area contributed by atoms with Gasteiger partial charge in [-0.1, -0.05) is 0 Å². The SMILES string of the molecule is CCN(CC)c1ccc2cc(C(=O)NN)c(=O)oc2c1.CCN(CC)c1ccc2cc(C(=O)NN)c(=O)oc2c1. The van der Waals surface area contributed by atoms with E-state index in [-0.39, 0.29) is 11.1 Å². The summed E-state index contributed by atoms with van der Waals surface area (Å²) in [5, 5.41) is 1.36. The van der Waals surface area contributed by atoms with Crippen molar-refractivity contribution in [3.63, 3.8) is 0 Å². The first kappa shape index (κ1) is 29.9. The third-order valence-corrected chi connectivity index (χ3v) is 6.45. The van der Waals surface area contributed by atoms with Gasteiger partial charge in [0, 0.05) is 60.5 Å².